The average molecular weight is 480 g/mol. The molecule has 34 heavy (non-hydrogen) atoms. The number of carbonyl (C=O) groups excluding carboxylic acids is 2. The highest BCUT2D eigenvalue weighted by Gasteiger charge is 2.27. The first-order valence-electron chi connectivity index (χ1n) is 11.2. The number of aromatic nitrogens is 2. The molecule has 0 unspecified atom stereocenters. The van der Waals surface area contributed by atoms with E-state index in [-0.39, 0.29) is 23.7 Å². The van der Waals surface area contributed by atoms with Crippen molar-refractivity contribution in [3.63, 3.8) is 0 Å². The topological polar surface area (TPSA) is 79.7 Å². The Kier molecular flexibility index (Phi) is 7.42. The molecule has 0 fully saturated rings. The highest BCUT2D eigenvalue weighted by atomic mass is 32.2. The van der Waals surface area contributed by atoms with Crippen molar-refractivity contribution in [1.82, 2.24) is 14.5 Å². The standard InChI is InChI=1S/C25H29N5O3S/c1-4-30-16-20(33-22-8-6-5-7-21(22)30)15-29(3)24(32)18-9-11-19(12-10-18)27-23(31)17-34-25-26-13-14-28(25)2/h5-14,20H,4,15-17H2,1-3H3,(H,27,31)/t20-/m1/s1. The molecule has 8 nitrogen and oxygen atoms in total. The van der Waals surface area contributed by atoms with Gasteiger partial charge in [-0.15, -0.1) is 0 Å². The van der Waals surface area contributed by atoms with Gasteiger partial charge in [-0.2, -0.15) is 0 Å². The lowest BCUT2D eigenvalue weighted by atomic mass is 10.1. The smallest absolute Gasteiger partial charge is 0.253 e. The van der Waals surface area contributed by atoms with E-state index in [2.05, 4.69) is 28.2 Å². The van der Waals surface area contributed by atoms with Crippen LogP contribution in [0.25, 0.3) is 0 Å². The van der Waals surface area contributed by atoms with Gasteiger partial charge in [-0.1, -0.05) is 23.9 Å². The number of benzene rings is 2. The Bertz CT molecular complexity index is 1150. The predicted molar refractivity (Wildman–Crippen MR) is 135 cm³/mol. The van der Waals surface area contributed by atoms with Gasteiger partial charge in [0.15, 0.2) is 5.16 Å². The second-order valence-corrected chi connectivity index (χ2v) is 9.11. The van der Waals surface area contributed by atoms with Crippen molar-refractivity contribution in [3.05, 3.63) is 66.5 Å². The van der Waals surface area contributed by atoms with Crippen LogP contribution in [0.2, 0.25) is 0 Å². The largest absolute Gasteiger partial charge is 0.485 e. The van der Waals surface area contributed by atoms with E-state index in [1.54, 1.807) is 42.4 Å². The number of amides is 2. The number of imidazole rings is 1. The monoisotopic (exact) mass is 479 g/mol. The van der Waals surface area contributed by atoms with Crippen molar-refractivity contribution in [2.45, 2.75) is 18.2 Å². The van der Waals surface area contributed by atoms with Gasteiger partial charge in [0.05, 0.1) is 24.5 Å². The molecule has 2 amide bonds. The van der Waals surface area contributed by atoms with Gasteiger partial charge in [-0.25, -0.2) is 4.98 Å². The van der Waals surface area contributed by atoms with E-state index in [0.717, 1.165) is 29.7 Å². The summed E-state index contributed by atoms with van der Waals surface area (Å²) in [6.45, 7) is 4.20. The van der Waals surface area contributed by atoms with Crippen molar-refractivity contribution in [3.8, 4) is 5.75 Å². The zero-order valence-electron chi connectivity index (χ0n) is 19.6. The zero-order chi connectivity index (χ0) is 24.1. The van der Waals surface area contributed by atoms with Crippen LogP contribution in [0.5, 0.6) is 5.75 Å². The molecule has 2 heterocycles. The van der Waals surface area contributed by atoms with Crippen molar-refractivity contribution >= 4 is 35.0 Å². The minimum atomic E-state index is -0.126. The van der Waals surface area contributed by atoms with Crippen LogP contribution in [0.1, 0.15) is 17.3 Å². The maximum atomic E-state index is 13.0. The number of rotatable bonds is 8. The third-order valence-electron chi connectivity index (χ3n) is 5.65. The fourth-order valence-corrected chi connectivity index (χ4v) is 4.63. The molecule has 9 heteroatoms. The number of hydrogen-bond donors (Lipinski definition) is 1. The lowest BCUT2D eigenvalue weighted by Gasteiger charge is -2.37. The summed E-state index contributed by atoms with van der Waals surface area (Å²) in [5.41, 5.74) is 2.30. The number of fused-ring (bicyclic) bond motifs is 1. The zero-order valence-corrected chi connectivity index (χ0v) is 20.4. The van der Waals surface area contributed by atoms with E-state index in [0.29, 0.717) is 17.8 Å². The number of aryl methyl sites for hydroxylation is 1. The fourth-order valence-electron chi connectivity index (χ4n) is 3.90. The Hall–Kier alpha value is -3.46. The Morgan fingerprint density at radius 2 is 1.97 bits per heavy atom. The summed E-state index contributed by atoms with van der Waals surface area (Å²) in [5.74, 6) is 0.892. The summed E-state index contributed by atoms with van der Waals surface area (Å²) < 4.78 is 8.02. The number of nitrogens with zero attached hydrogens (tertiary/aromatic N) is 4. The fraction of sp³-hybridized carbons (Fsp3) is 0.320. The molecule has 0 aliphatic carbocycles. The first-order valence-corrected chi connectivity index (χ1v) is 12.2. The van der Waals surface area contributed by atoms with Gasteiger partial charge >= 0.3 is 0 Å². The number of likely N-dealkylation sites (N-methyl/N-ethyl adjacent to an activating group) is 2. The van der Waals surface area contributed by atoms with Crippen LogP contribution in [-0.2, 0) is 11.8 Å². The summed E-state index contributed by atoms with van der Waals surface area (Å²) in [5, 5.41) is 3.64. The van der Waals surface area contributed by atoms with Gasteiger partial charge in [0.1, 0.15) is 11.9 Å². The molecule has 178 valence electrons. The number of para-hydroxylation sites is 2. The van der Waals surface area contributed by atoms with Crippen LogP contribution in [0.15, 0.2) is 66.1 Å². The molecular weight excluding hydrogens is 450 g/mol. The van der Waals surface area contributed by atoms with Crippen LogP contribution in [0.4, 0.5) is 11.4 Å². The molecule has 0 saturated heterocycles. The van der Waals surface area contributed by atoms with Gasteiger partial charge in [0.25, 0.3) is 5.91 Å². The van der Waals surface area contributed by atoms with Crippen LogP contribution in [-0.4, -0.2) is 64.8 Å². The molecular formula is C25H29N5O3S. The predicted octanol–water partition coefficient (Wildman–Crippen LogP) is 3.51. The molecule has 3 aromatic rings. The summed E-state index contributed by atoms with van der Waals surface area (Å²) in [4.78, 5) is 33.4. The molecule has 0 spiro atoms. The maximum absolute atomic E-state index is 13.0. The van der Waals surface area contributed by atoms with Crippen molar-refractivity contribution in [1.29, 1.82) is 0 Å². The molecule has 4 rings (SSSR count). The van der Waals surface area contributed by atoms with Crippen LogP contribution < -0.4 is 15.0 Å². The molecule has 1 aliphatic heterocycles. The molecule has 0 saturated carbocycles. The molecule has 1 aliphatic rings. The summed E-state index contributed by atoms with van der Waals surface area (Å²) >= 11 is 1.37. The highest BCUT2D eigenvalue weighted by Crippen LogP contribution is 2.33. The molecule has 0 radical (unpaired) electrons. The van der Waals surface area contributed by atoms with Crippen LogP contribution >= 0.6 is 11.8 Å². The number of nitrogens with one attached hydrogen (secondary N) is 1. The Balaban J connectivity index is 1.30. The molecule has 1 atom stereocenters. The Morgan fingerprint density at radius 3 is 2.68 bits per heavy atom. The number of carbonyl (C=O) groups is 2. The lowest BCUT2D eigenvalue weighted by molar-refractivity contribution is -0.113. The SMILES string of the molecule is CCN1C[C@@H](CN(C)C(=O)c2ccc(NC(=O)CSc3nccn3C)cc2)Oc2ccccc21. The molecule has 1 aromatic heterocycles. The van der Waals surface area contributed by atoms with Crippen molar-refractivity contribution in [2.75, 3.05) is 42.7 Å². The molecule has 2 aromatic carbocycles. The second-order valence-electron chi connectivity index (χ2n) is 8.17. The lowest BCUT2D eigenvalue weighted by Crippen LogP contribution is -2.46. The normalized spacial score (nSPS) is 14.8. The van der Waals surface area contributed by atoms with E-state index < -0.39 is 0 Å². The summed E-state index contributed by atoms with van der Waals surface area (Å²) in [6.07, 6.45) is 3.43. The second kappa shape index (κ2) is 10.6. The minimum Gasteiger partial charge on any atom is -0.485 e. The summed E-state index contributed by atoms with van der Waals surface area (Å²) in [7, 11) is 3.67. The van der Waals surface area contributed by atoms with E-state index in [4.69, 9.17) is 4.74 Å². The Labute approximate surface area is 203 Å². The number of ether oxygens (including phenoxy) is 1. The van der Waals surface area contributed by atoms with Gasteiger partial charge < -0.3 is 24.4 Å². The maximum Gasteiger partial charge on any atom is 0.253 e. The third kappa shape index (κ3) is 5.53. The molecule has 0 bridgehead atoms. The average Bonchev–Trinajstić information content (AvgIpc) is 3.26. The van der Waals surface area contributed by atoms with Crippen LogP contribution in [0.3, 0.4) is 0 Å². The molecule has 1 N–H and O–H groups in total. The van der Waals surface area contributed by atoms with Crippen molar-refractivity contribution < 1.29 is 14.3 Å². The number of anilines is 2. The van der Waals surface area contributed by atoms with E-state index >= 15 is 0 Å². The minimum absolute atomic E-state index is 0.0891. The quantitative estimate of drug-likeness (QED) is 0.498. The van der Waals surface area contributed by atoms with E-state index in [1.807, 2.05) is 36.0 Å². The number of thioether (sulfide) groups is 1. The first kappa shape index (κ1) is 23.7. The summed E-state index contributed by atoms with van der Waals surface area (Å²) in [6, 6.07) is 14.9. The van der Waals surface area contributed by atoms with Crippen molar-refractivity contribution in [2.24, 2.45) is 7.05 Å². The van der Waals surface area contributed by atoms with Gasteiger partial charge in [-0.05, 0) is 43.3 Å². The van der Waals surface area contributed by atoms with Gasteiger partial charge in [-0.3, -0.25) is 9.59 Å². The third-order valence-corrected chi connectivity index (χ3v) is 6.71. The van der Waals surface area contributed by atoms with E-state index in [9.17, 15) is 9.59 Å². The van der Waals surface area contributed by atoms with Gasteiger partial charge in [0, 0.05) is 44.3 Å². The Morgan fingerprint density at radius 1 is 1.21 bits per heavy atom. The highest BCUT2D eigenvalue weighted by molar-refractivity contribution is 7.99. The van der Waals surface area contributed by atoms with E-state index in [1.165, 1.54) is 11.8 Å². The number of hydrogen-bond acceptors (Lipinski definition) is 6. The van der Waals surface area contributed by atoms with Crippen LogP contribution in [0, 0.1) is 0 Å². The first-order chi connectivity index (χ1) is 16.4. The van der Waals surface area contributed by atoms with Gasteiger partial charge in [0.2, 0.25) is 5.91 Å².